The zero-order valence-corrected chi connectivity index (χ0v) is 8.07. The van der Waals surface area contributed by atoms with Crippen molar-refractivity contribution in [1.82, 2.24) is 10.2 Å². The second-order valence-corrected chi connectivity index (χ2v) is 3.78. The lowest BCUT2D eigenvalue weighted by Crippen LogP contribution is -2.28. The standard InChI is InChI=1S/C11H14N2O/c1-2-4-10-9(3-1)11-12-5-6-13(11)7-8-14-10/h1-4,11-12H,5-8H2. The molecule has 0 spiro atoms. The van der Waals surface area contributed by atoms with E-state index in [9.17, 15) is 0 Å². The average molecular weight is 190 g/mol. The Bertz CT molecular complexity index is 340. The second-order valence-electron chi connectivity index (χ2n) is 3.78. The van der Waals surface area contributed by atoms with E-state index in [0.29, 0.717) is 6.17 Å². The minimum absolute atomic E-state index is 0.369. The minimum atomic E-state index is 0.369. The maximum absolute atomic E-state index is 5.70. The van der Waals surface area contributed by atoms with Gasteiger partial charge in [-0.3, -0.25) is 10.2 Å². The largest absolute Gasteiger partial charge is 0.492 e. The minimum Gasteiger partial charge on any atom is -0.492 e. The molecular formula is C11H14N2O. The van der Waals surface area contributed by atoms with Gasteiger partial charge in [0.15, 0.2) is 0 Å². The third-order valence-electron chi connectivity index (χ3n) is 2.95. The van der Waals surface area contributed by atoms with Crippen LogP contribution < -0.4 is 10.1 Å². The first kappa shape index (κ1) is 8.26. The third-order valence-corrected chi connectivity index (χ3v) is 2.95. The Morgan fingerprint density at radius 3 is 3.21 bits per heavy atom. The molecule has 0 saturated carbocycles. The molecule has 0 aliphatic carbocycles. The summed E-state index contributed by atoms with van der Waals surface area (Å²) in [5.74, 6) is 1.04. The Balaban J connectivity index is 2.04. The molecule has 1 fully saturated rings. The smallest absolute Gasteiger partial charge is 0.125 e. The lowest BCUT2D eigenvalue weighted by Gasteiger charge is -2.20. The van der Waals surface area contributed by atoms with Crippen molar-refractivity contribution in [3.63, 3.8) is 0 Å². The number of nitrogens with zero attached hydrogens (tertiary/aromatic N) is 1. The highest BCUT2D eigenvalue weighted by molar-refractivity contribution is 5.36. The van der Waals surface area contributed by atoms with Crippen molar-refractivity contribution < 1.29 is 4.74 Å². The molecule has 0 aromatic heterocycles. The highest BCUT2D eigenvalue weighted by atomic mass is 16.5. The molecule has 1 aromatic carbocycles. The fourth-order valence-corrected chi connectivity index (χ4v) is 2.26. The Kier molecular flexibility index (Phi) is 1.92. The van der Waals surface area contributed by atoms with Gasteiger partial charge in [0.25, 0.3) is 0 Å². The van der Waals surface area contributed by atoms with Gasteiger partial charge >= 0.3 is 0 Å². The van der Waals surface area contributed by atoms with Gasteiger partial charge in [0.1, 0.15) is 12.4 Å². The number of ether oxygens (including phenoxy) is 1. The highest BCUT2D eigenvalue weighted by Crippen LogP contribution is 2.31. The molecule has 1 N–H and O–H groups in total. The van der Waals surface area contributed by atoms with E-state index in [1.807, 2.05) is 6.07 Å². The van der Waals surface area contributed by atoms with Gasteiger partial charge in [0.2, 0.25) is 0 Å². The molecule has 3 rings (SSSR count). The second kappa shape index (κ2) is 3.26. The van der Waals surface area contributed by atoms with Gasteiger partial charge in [-0.1, -0.05) is 18.2 Å². The first-order chi connectivity index (χ1) is 6.95. The molecule has 3 nitrogen and oxygen atoms in total. The molecule has 0 amide bonds. The molecule has 1 atom stereocenters. The monoisotopic (exact) mass is 190 g/mol. The van der Waals surface area contributed by atoms with Crippen LogP contribution >= 0.6 is 0 Å². The van der Waals surface area contributed by atoms with Gasteiger partial charge < -0.3 is 4.74 Å². The highest BCUT2D eigenvalue weighted by Gasteiger charge is 2.29. The van der Waals surface area contributed by atoms with E-state index in [2.05, 4.69) is 28.4 Å². The molecular weight excluding hydrogens is 176 g/mol. The lowest BCUT2D eigenvalue weighted by atomic mass is 10.1. The van der Waals surface area contributed by atoms with E-state index in [0.717, 1.165) is 32.0 Å². The van der Waals surface area contributed by atoms with Crippen LogP contribution in [0.5, 0.6) is 5.75 Å². The molecule has 1 unspecified atom stereocenters. The molecule has 1 saturated heterocycles. The summed E-state index contributed by atoms with van der Waals surface area (Å²) in [4.78, 5) is 2.44. The van der Waals surface area contributed by atoms with Crippen molar-refractivity contribution in [2.45, 2.75) is 6.17 Å². The van der Waals surface area contributed by atoms with Gasteiger partial charge in [-0.05, 0) is 6.07 Å². The first-order valence-electron chi connectivity index (χ1n) is 5.14. The van der Waals surface area contributed by atoms with Crippen LogP contribution in [0.2, 0.25) is 0 Å². The summed E-state index contributed by atoms with van der Waals surface area (Å²) in [6.45, 7) is 4.03. The molecule has 2 aliphatic heterocycles. The fraction of sp³-hybridized carbons (Fsp3) is 0.455. The van der Waals surface area contributed by atoms with Crippen molar-refractivity contribution in [3.8, 4) is 5.75 Å². The van der Waals surface area contributed by atoms with Crippen LogP contribution in [0, 0.1) is 0 Å². The van der Waals surface area contributed by atoms with Crippen LogP contribution in [-0.4, -0.2) is 31.1 Å². The first-order valence-corrected chi connectivity index (χ1v) is 5.14. The van der Waals surface area contributed by atoms with Crippen LogP contribution in [0.3, 0.4) is 0 Å². The van der Waals surface area contributed by atoms with Crippen molar-refractivity contribution in [2.75, 3.05) is 26.2 Å². The van der Waals surface area contributed by atoms with Gasteiger partial charge in [-0.15, -0.1) is 0 Å². The fourth-order valence-electron chi connectivity index (χ4n) is 2.26. The normalized spacial score (nSPS) is 26.1. The Morgan fingerprint density at radius 2 is 2.21 bits per heavy atom. The van der Waals surface area contributed by atoms with Crippen molar-refractivity contribution in [1.29, 1.82) is 0 Å². The zero-order chi connectivity index (χ0) is 9.38. The van der Waals surface area contributed by atoms with E-state index in [-0.39, 0.29) is 0 Å². The van der Waals surface area contributed by atoms with Crippen LogP contribution in [-0.2, 0) is 0 Å². The van der Waals surface area contributed by atoms with Crippen LogP contribution in [0.15, 0.2) is 24.3 Å². The number of nitrogens with one attached hydrogen (secondary N) is 1. The van der Waals surface area contributed by atoms with E-state index >= 15 is 0 Å². The quantitative estimate of drug-likeness (QED) is 0.660. The predicted molar refractivity (Wildman–Crippen MR) is 54.3 cm³/mol. The van der Waals surface area contributed by atoms with Crippen LogP contribution in [0.1, 0.15) is 11.7 Å². The molecule has 1 aromatic rings. The summed E-state index contributed by atoms with van der Waals surface area (Å²) in [7, 11) is 0. The maximum atomic E-state index is 5.70. The van der Waals surface area contributed by atoms with Crippen molar-refractivity contribution >= 4 is 0 Å². The van der Waals surface area contributed by atoms with Crippen LogP contribution in [0.25, 0.3) is 0 Å². The SMILES string of the molecule is c1ccc2c(c1)OCCN1CCNC21. The predicted octanol–water partition coefficient (Wildman–Crippen LogP) is 0.983. The number of hydrogen-bond acceptors (Lipinski definition) is 3. The van der Waals surface area contributed by atoms with Gasteiger partial charge in [0.05, 0.1) is 6.17 Å². The molecule has 2 heterocycles. The molecule has 74 valence electrons. The van der Waals surface area contributed by atoms with E-state index < -0.39 is 0 Å². The van der Waals surface area contributed by atoms with Crippen molar-refractivity contribution in [3.05, 3.63) is 29.8 Å². The van der Waals surface area contributed by atoms with Gasteiger partial charge in [0, 0.05) is 25.2 Å². The summed E-state index contributed by atoms with van der Waals surface area (Å²) in [6.07, 6.45) is 0.369. The Hall–Kier alpha value is -1.06. The molecule has 3 heteroatoms. The number of hydrogen-bond donors (Lipinski definition) is 1. The lowest BCUT2D eigenvalue weighted by molar-refractivity contribution is 0.218. The number of benzene rings is 1. The van der Waals surface area contributed by atoms with E-state index in [1.165, 1.54) is 5.56 Å². The third kappa shape index (κ3) is 1.21. The summed E-state index contributed by atoms with van der Waals surface area (Å²) < 4.78 is 5.70. The average Bonchev–Trinajstić information content (AvgIpc) is 2.61. The molecule has 14 heavy (non-hydrogen) atoms. The summed E-state index contributed by atoms with van der Waals surface area (Å²) in [6, 6.07) is 8.31. The number of para-hydroxylation sites is 1. The van der Waals surface area contributed by atoms with Crippen LogP contribution in [0.4, 0.5) is 0 Å². The van der Waals surface area contributed by atoms with Crippen molar-refractivity contribution in [2.24, 2.45) is 0 Å². The summed E-state index contributed by atoms with van der Waals surface area (Å²) in [5.41, 5.74) is 1.28. The topological polar surface area (TPSA) is 24.5 Å². The Labute approximate surface area is 83.7 Å². The maximum Gasteiger partial charge on any atom is 0.125 e. The molecule has 0 bridgehead atoms. The molecule has 2 aliphatic rings. The molecule has 0 radical (unpaired) electrons. The van der Waals surface area contributed by atoms with Gasteiger partial charge in [-0.2, -0.15) is 0 Å². The van der Waals surface area contributed by atoms with E-state index in [4.69, 9.17) is 4.74 Å². The number of fused-ring (bicyclic) bond motifs is 3. The van der Waals surface area contributed by atoms with E-state index in [1.54, 1.807) is 0 Å². The number of rotatable bonds is 0. The Morgan fingerprint density at radius 1 is 1.29 bits per heavy atom. The summed E-state index contributed by atoms with van der Waals surface area (Å²) >= 11 is 0. The summed E-state index contributed by atoms with van der Waals surface area (Å²) in [5, 5.41) is 3.50. The van der Waals surface area contributed by atoms with Gasteiger partial charge in [-0.25, -0.2) is 0 Å². The zero-order valence-electron chi connectivity index (χ0n) is 8.07.